The number of likely N-dealkylation sites (tertiary alicyclic amines) is 1. The minimum absolute atomic E-state index is 0.00432. The van der Waals surface area contributed by atoms with Crippen molar-refractivity contribution in [1.29, 1.82) is 0 Å². The molecule has 3 rings (SSSR count). The fourth-order valence-electron chi connectivity index (χ4n) is 3.64. The maximum Gasteiger partial charge on any atom is 0.325 e. The van der Waals surface area contributed by atoms with E-state index in [9.17, 15) is 18.3 Å². The molecule has 4 N–H and O–H groups in total. The van der Waals surface area contributed by atoms with Crippen molar-refractivity contribution in [3.8, 4) is 17.6 Å². The summed E-state index contributed by atoms with van der Waals surface area (Å²) >= 11 is 0. The van der Waals surface area contributed by atoms with Crippen LogP contribution in [0.4, 0.5) is 0 Å². The number of hydrogen-bond acceptors (Lipinski definition) is 7. The zero-order valence-corrected chi connectivity index (χ0v) is 18.7. The Morgan fingerprint density at radius 2 is 1.69 bits per heavy atom. The van der Waals surface area contributed by atoms with Crippen LogP contribution in [0.1, 0.15) is 25.3 Å². The summed E-state index contributed by atoms with van der Waals surface area (Å²) in [7, 11) is -4.07. The molecule has 32 heavy (non-hydrogen) atoms. The topological polar surface area (TPSA) is 130 Å². The Bertz CT molecular complexity index is 1040. The van der Waals surface area contributed by atoms with E-state index in [1.807, 2.05) is 30.3 Å². The molecule has 0 aliphatic carbocycles. The maximum absolute atomic E-state index is 13.3. The number of carbonyl (C=O) groups is 1. The summed E-state index contributed by atoms with van der Waals surface area (Å²) < 4.78 is 30.2. The molecule has 1 heterocycles. The molecule has 0 spiro atoms. The summed E-state index contributed by atoms with van der Waals surface area (Å²) in [4.78, 5) is 14.3. The van der Waals surface area contributed by atoms with Gasteiger partial charge in [0.25, 0.3) is 0 Å². The predicted molar refractivity (Wildman–Crippen MR) is 120 cm³/mol. The Morgan fingerprint density at radius 1 is 1.09 bits per heavy atom. The van der Waals surface area contributed by atoms with Crippen LogP contribution >= 0.6 is 0 Å². The number of ether oxygens (including phenoxy) is 1. The Morgan fingerprint density at radius 3 is 2.22 bits per heavy atom. The van der Waals surface area contributed by atoms with Gasteiger partial charge in [-0.1, -0.05) is 36.3 Å². The molecule has 1 saturated heterocycles. The van der Waals surface area contributed by atoms with Gasteiger partial charge in [0.05, 0.1) is 4.90 Å². The van der Waals surface area contributed by atoms with Crippen LogP contribution in [-0.2, 0) is 21.2 Å². The molecule has 1 aliphatic heterocycles. The van der Waals surface area contributed by atoms with Gasteiger partial charge in [-0.3, -0.25) is 9.69 Å². The first-order valence-electron chi connectivity index (χ1n) is 10.0. The summed E-state index contributed by atoms with van der Waals surface area (Å²) in [5.74, 6) is 8.17. The molecule has 0 atom stereocenters. The van der Waals surface area contributed by atoms with Gasteiger partial charge in [0, 0.05) is 19.6 Å². The van der Waals surface area contributed by atoms with Gasteiger partial charge in [-0.05, 0) is 49.6 Å². The molecule has 0 bridgehead atoms. The summed E-state index contributed by atoms with van der Waals surface area (Å²) in [6, 6.07) is 15.7. The number of nitrogens with zero attached hydrogens (tertiary/aromatic N) is 1. The van der Waals surface area contributed by atoms with Gasteiger partial charge >= 0.3 is 5.97 Å². The minimum Gasteiger partial charge on any atom is -0.481 e. The molecule has 0 aromatic heterocycles. The number of nitrogens with two attached hydrogens (primary N) is 1. The predicted octanol–water partition coefficient (Wildman–Crippen LogP) is 2.32. The van der Waals surface area contributed by atoms with E-state index in [4.69, 9.17) is 9.94 Å². The van der Waals surface area contributed by atoms with Crippen molar-refractivity contribution in [2.24, 2.45) is 5.90 Å². The van der Waals surface area contributed by atoms with Crippen molar-refractivity contribution in [1.82, 2.24) is 4.90 Å². The first-order chi connectivity index (χ1) is 15.4. The van der Waals surface area contributed by atoms with Crippen molar-refractivity contribution < 1.29 is 28.3 Å². The normalized spacial score (nSPS) is 15.5. The molecule has 1 aliphatic rings. The third kappa shape index (κ3) is 5.66. The molecule has 0 radical (unpaired) electrons. The number of carboxylic acids is 1. The quantitative estimate of drug-likeness (QED) is 0.424. The van der Waals surface area contributed by atoms with Crippen LogP contribution in [0.25, 0.3) is 0 Å². The molecule has 9 heteroatoms. The Kier molecular flexibility index (Phi) is 9.23. The van der Waals surface area contributed by atoms with Gasteiger partial charge in [-0.2, -0.15) is 0 Å². The van der Waals surface area contributed by atoms with Gasteiger partial charge in [-0.15, -0.1) is 5.92 Å². The lowest BCUT2D eigenvalue weighted by Crippen LogP contribution is -2.54. The van der Waals surface area contributed by atoms with Crippen LogP contribution in [0.15, 0.2) is 59.5 Å². The van der Waals surface area contributed by atoms with E-state index < -0.39 is 20.6 Å². The largest absolute Gasteiger partial charge is 0.481 e. The van der Waals surface area contributed by atoms with E-state index in [1.165, 1.54) is 24.3 Å². The molecule has 0 saturated carbocycles. The number of sulfone groups is 1. The lowest BCUT2D eigenvalue weighted by Gasteiger charge is -2.38. The number of aliphatic carboxylic acids is 1. The maximum atomic E-state index is 13.3. The number of rotatable bonds is 7. The lowest BCUT2D eigenvalue weighted by molar-refractivity contribution is -0.141. The van der Waals surface area contributed by atoms with Crippen LogP contribution in [-0.4, -0.2) is 54.0 Å². The molecule has 2 aromatic carbocycles. The zero-order valence-electron chi connectivity index (χ0n) is 17.9. The van der Waals surface area contributed by atoms with Crippen LogP contribution in [0.3, 0.4) is 0 Å². The average Bonchev–Trinajstić information content (AvgIpc) is 2.82. The monoisotopic (exact) mass is 460 g/mol. The van der Waals surface area contributed by atoms with Crippen LogP contribution < -0.4 is 10.6 Å². The number of hydrogen-bond donors (Lipinski definition) is 3. The highest BCUT2D eigenvalue weighted by Gasteiger charge is 2.53. The summed E-state index contributed by atoms with van der Waals surface area (Å²) in [6.45, 7) is 3.38. The van der Waals surface area contributed by atoms with Crippen molar-refractivity contribution in [2.45, 2.75) is 36.0 Å². The summed E-state index contributed by atoms with van der Waals surface area (Å²) in [6.07, 6.45) is 0.0870. The fraction of sp³-hybridized carbons (Fsp3) is 0.348. The van der Waals surface area contributed by atoms with Crippen LogP contribution in [0.5, 0.6) is 5.75 Å². The second-order valence-corrected chi connectivity index (χ2v) is 9.51. The highest BCUT2D eigenvalue weighted by atomic mass is 32.2. The van der Waals surface area contributed by atoms with Gasteiger partial charge < -0.3 is 15.1 Å². The Hall–Kier alpha value is -2.90. The summed E-state index contributed by atoms with van der Waals surface area (Å²) in [5, 5.41) is 16.4. The van der Waals surface area contributed by atoms with E-state index in [0.717, 1.165) is 5.56 Å². The molecular weight excluding hydrogens is 432 g/mol. The SMILES string of the molecule is CC#CCOc1ccc(S(=O)(=O)C2(C(=O)O)CCN(Cc3ccccc3)CC2)cc1.NO. The van der Waals surface area contributed by atoms with E-state index >= 15 is 0 Å². The standard InChI is InChI=1S/C23H25NO5S.H3NO/c1-2-3-17-29-20-9-11-21(12-10-20)30(27,28)23(22(25)26)13-15-24(16-14-23)18-19-7-5-4-6-8-19;1-2/h4-12H,13-18H2,1H3,(H,25,26);2H,1H2. The Labute approximate surface area is 188 Å². The third-order valence-corrected chi connectivity index (χ3v) is 7.94. The number of carboxylic acid groups (broad SMARTS) is 1. The molecule has 0 unspecified atom stereocenters. The zero-order chi connectivity index (χ0) is 23.6. The van der Waals surface area contributed by atoms with Crippen molar-refractivity contribution in [2.75, 3.05) is 19.7 Å². The van der Waals surface area contributed by atoms with Gasteiger partial charge in [0.15, 0.2) is 14.6 Å². The van der Waals surface area contributed by atoms with Crippen molar-refractivity contribution in [3.63, 3.8) is 0 Å². The minimum atomic E-state index is -4.07. The molecule has 8 nitrogen and oxygen atoms in total. The molecule has 1 fully saturated rings. The van der Waals surface area contributed by atoms with E-state index in [2.05, 4.69) is 22.6 Å². The van der Waals surface area contributed by atoms with Gasteiger partial charge in [0.1, 0.15) is 12.4 Å². The highest BCUT2D eigenvalue weighted by molar-refractivity contribution is 7.93. The Balaban J connectivity index is 0.00000176. The van der Waals surface area contributed by atoms with Gasteiger partial charge in [0.2, 0.25) is 0 Å². The van der Waals surface area contributed by atoms with Crippen LogP contribution in [0, 0.1) is 11.8 Å². The fourth-order valence-corrected chi connectivity index (χ4v) is 5.54. The first-order valence-corrected chi connectivity index (χ1v) is 11.5. The van der Waals surface area contributed by atoms with Crippen molar-refractivity contribution in [3.05, 3.63) is 60.2 Å². The molecule has 0 amide bonds. The van der Waals surface area contributed by atoms with E-state index in [0.29, 0.717) is 25.4 Å². The average molecular weight is 461 g/mol. The smallest absolute Gasteiger partial charge is 0.325 e. The summed E-state index contributed by atoms with van der Waals surface area (Å²) in [5.41, 5.74) is 1.12. The van der Waals surface area contributed by atoms with E-state index in [1.54, 1.807) is 6.92 Å². The van der Waals surface area contributed by atoms with Crippen LogP contribution in [0.2, 0.25) is 0 Å². The van der Waals surface area contributed by atoms with Gasteiger partial charge in [-0.25, -0.2) is 14.3 Å². The molecule has 172 valence electrons. The van der Waals surface area contributed by atoms with E-state index in [-0.39, 0.29) is 24.3 Å². The van der Waals surface area contributed by atoms with Crippen molar-refractivity contribution >= 4 is 15.8 Å². The second-order valence-electron chi connectivity index (χ2n) is 7.25. The second kappa shape index (κ2) is 11.6. The molecular formula is C23H28N2O6S. The lowest BCUT2D eigenvalue weighted by atomic mass is 9.95. The number of benzene rings is 2. The highest BCUT2D eigenvalue weighted by Crippen LogP contribution is 2.36. The molecule has 2 aromatic rings. The number of piperidine rings is 1. The first kappa shape index (κ1) is 25.4. The third-order valence-electron chi connectivity index (χ3n) is 5.44.